The Morgan fingerprint density at radius 3 is 2.42 bits per heavy atom. The highest BCUT2D eigenvalue weighted by Crippen LogP contribution is 2.35. The molecular weight excluding hydrogens is 414 g/mol. The molecule has 0 bridgehead atoms. The fourth-order valence-electron chi connectivity index (χ4n) is 4.21. The molecule has 1 unspecified atom stereocenters. The van der Waals surface area contributed by atoms with Crippen molar-refractivity contribution in [1.82, 2.24) is 5.32 Å². The van der Waals surface area contributed by atoms with Gasteiger partial charge in [0.25, 0.3) is 11.6 Å². The standard InChI is InChI=1S/C25H35N3O3.C2H6/c1-6-7-8-11-14-27(5)24-19(3)16-20(17-23(24)28(30)31)15-18(2)21-12-9-10-13-22(21)25(29)26-4;1-2/h9-10,12-13,16-18H,6-8,11,14-15H2,1-5H3,(H,26,29);1-2H3. The lowest BCUT2D eigenvalue weighted by molar-refractivity contribution is -0.384. The molecule has 2 rings (SSSR count). The summed E-state index contributed by atoms with van der Waals surface area (Å²) in [6, 6.07) is 11.3. The first-order chi connectivity index (χ1) is 15.8. The van der Waals surface area contributed by atoms with Crippen LogP contribution in [-0.4, -0.2) is 31.5 Å². The average molecular weight is 456 g/mol. The molecule has 1 amide bonds. The normalized spacial score (nSPS) is 11.2. The minimum Gasteiger partial charge on any atom is -0.369 e. The molecule has 0 spiro atoms. The molecule has 0 aromatic heterocycles. The number of rotatable bonds is 11. The van der Waals surface area contributed by atoms with Crippen molar-refractivity contribution in [3.05, 3.63) is 68.8 Å². The number of hydrogen-bond acceptors (Lipinski definition) is 4. The number of nitrogens with one attached hydrogen (secondary N) is 1. The van der Waals surface area contributed by atoms with Crippen molar-refractivity contribution in [3.63, 3.8) is 0 Å². The van der Waals surface area contributed by atoms with Crippen LogP contribution in [0.3, 0.4) is 0 Å². The zero-order valence-electron chi connectivity index (χ0n) is 21.4. The summed E-state index contributed by atoms with van der Waals surface area (Å²) in [6.45, 7) is 11.0. The second-order valence-electron chi connectivity index (χ2n) is 8.29. The maximum Gasteiger partial charge on any atom is 0.293 e. The summed E-state index contributed by atoms with van der Waals surface area (Å²) in [4.78, 5) is 25.8. The van der Waals surface area contributed by atoms with Crippen molar-refractivity contribution in [2.75, 3.05) is 25.5 Å². The van der Waals surface area contributed by atoms with Crippen LogP contribution in [0.1, 0.15) is 86.3 Å². The first kappa shape index (κ1) is 28.1. The van der Waals surface area contributed by atoms with Crippen LogP contribution in [0.25, 0.3) is 0 Å². The lowest BCUT2D eigenvalue weighted by Crippen LogP contribution is -2.21. The number of unbranched alkanes of at least 4 members (excludes halogenated alkanes) is 3. The summed E-state index contributed by atoms with van der Waals surface area (Å²) in [5, 5.41) is 14.6. The largest absolute Gasteiger partial charge is 0.369 e. The number of benzene rings is 2. The second-order valence-corrected chi connectivity index (χ2v) is 8.29. The van der Waals surface area contributed by atoms with E-state index in [1.54, 1.807) is 13.1 Å². The third-order valence-corrected chi connectivity index (χ3v) is 5.77. The van der Waals surface area contributed by atoms with Crippen molar-refractivity contribution in [1.29, 1.82) is 0 Å². The average Bonchev–Trinajstić information content (AvgIpc) is 2.82. The van der Waals surface area contributed by atoms with Crippen molar-refractivity contribution in [2.24, 2.45) is 0 Å². The Morgan fingerprint density at radius 1 is 1.15 bits per heavy atom. The fourth-order valence-corrected chi connectivity index (χ4v) is 4.21. The number of nitro groups is 1. The van der Waals surface area contributed by atoms with Gasteiger partial charge in [0, 0.05) is 32.3 Å². The van der Waals surface area contributed by atoms with Crippen LogP contribution in [0, 0.1) is 17.0 Å². The van der Waals surface area contributed by atoms with Gasteiger partial charge in [-0.3, -0.25) is 14.9 Å². The van der Waals surface area contributed by atoms with Gasteiger partial charge in [-0.2, -0.15) is 0 Å². The minimum atomic E-state index is -0.280. The zero-order valence-corrected chi connectivity index (χ0v) is 21.4. The van der Waals surface area contributed by atoms with Crippen molar-refractivity contribution >= 4 is 17.3 Å². The van der Waals surface area contributed by atoms with Crippen LogP contribution in [-0.2, 0) is 6.42 Å². The van der Waals surface area contributed by atoms with Gasteiger partial charge < -0.3 is 10.2 Å². The van der Waals surface area contributed by atoms with Crippen LogP contribution < -0.4 is 10.2 Å². The molecule has 1 atom stereocenters. The van der Waals surface area contributed by atoms with Crippen LogP contribution in [0.15, 0.2) is 36.4 Å². The molecule has 0 fully saturated rings. The molecule has 0 radical (unpaired) electrons. The molecule has 2 aromatic carbocycles. The molecule has 33 heavy (non-hydrogen) atoms. The summed E-state index contributed by atoms with van der Waals surface area (Å²) < 4.78 is 0. The first-order valence-electron chi connectivity index (χ1n) is 12.1. The molecule has 1 N–H and O–H groups in total. The Balaban J connectivity index is 0.00000265. The lowest BCUT2D eigenvalue weighted by atomic mass is 9.89. The van der Waals surface area contributed by atoms with Crippen LogP contribution in [0.4, 0.5) is 11.4 Å². The number of anilines is 1. The number of aryl methyl sites for hydroxylation is 1. The Morgan fingerprint density at radius 2 is 1.82 bits per heavy atom. The van der Waals surface area contributed by atoms with E-state index in [9.17, 15) is 14.9 Å². The second kappa shape index (κ2) is 14.3. The molecule has 0 aliphatic carbocycles. The van der Waals surface area contributed by atoms with Crippen molar-refractivity contribution < 1.29 is 9.72 Å². The van der Waals surface area contributed by atoms with Crippen LogP contribution in [0.2, 0.25) is 0 Å². The van der Waals surface area contributed by atoms with Gasteiger partial charge in [0.15, 0.2) is 0 Å². The van der Waals surface area contributed by atoms with E-state index in [1.165, 1.54) is 12.8 Å². The highest BCUT2D eigenvalue weighted by atomic mass is 16.6. The number of nitrogens with zero attached hydrogens (tertiary/aromatic N) is 2. The number of carbonyl (C=O) groups is 1. The summed E-state index contributed by atoms with van der Waals surface area (Å²) in [5.41, 5.74) is 4.26. The third kappa shape index (κ3) is 7.88. The SMILES string of the molecule is CC.CCCCCCN(C)c1c(C)cc(CC(C)c2ccccc2C(=O)NC)cc1[N+](=O)[O-]. The Kier molecular flexibility index (Phi) is 12.2. The zero-order chi connectivity index (χ0) is 25.0. The molecule has 2 aromatic rings. The van der Waals surface area contributed by atoms with Crippen molar-refractivity contribution in [2.45, 2.75) is 72.6 Å². The number of amides is 1. The van der Waals surface area contributed by atoms with E-state index >= 15 is 0 Å². The first-order valence-corrected chi connectivity index (χ1v) is 12.1. The van der Waals surface area contributed by atoms with Gasteiger partial charge in [-0.25, -0.2) is 0 Å². The van der Waals surface area contributed by atoms with Crippen LogP contribution >= 0.6 is 0 Å². The highest BCUT2D eigenvalue weighted by molar-refractivity contribution is 5.95. The Bertz CT molecular complexity index is 911. The van der Waals surface area contributed by atoms with Gasteiger partial charge >= 0.3 is 0 Å². The van der Waals surface area contributed by atoms with E-state index in [4.69, 9.17) is 0 Å². The predicted octanol–water partition coefficient (Wildman–Crippen LogP) is 6.65. The van der Waals surface area contributed by atoms with Gasteiger partial charge in [0.1, 0.15) is 5.69 Å². The summed E-state index contributed by atoms with van der Waals surface area (Å²) in [7, 11) is 3.55. The third-order valence-electron chi connectivity index (χ3n) is 5.77. The van der Waals surface area contributed by atoms with Gasteiger partial charge in [-0.05, 0) is 48.4 Å². The quantitative estimate of drug-likeness (QED) is 0.234. The topological polar surface area (TPSA) is 75.5 Å². The maximum atomic E-state index is 12.2. The molecule has 6 nitrogen and oxygen atoms in total. The predicted molar refractivity (Wildman–Crippen MR) is 139 cm³/mol. The summed E-state index contributed by atoms with van der Waals surface area (Å²) in [6.07, 6.45) is 5.13. The van der Waals surface area contributed by atoms with E-state index in [-0.39, 0.29) is 22.4 Å². The van der Waals surface area contributed by atoms with Crippen LogP contribution in [0.5, 0.6) is 0 Å². The molecule has 0 saturated heterocycles. The van der Waals surface area contributed by atoms with Gasteiger partial charge in [0.05, 0.1) is 4.92 Å². The summed E-state index contributed by atoms with van der Waals surface area (Å²) in [5.74, 6) is -0.0743. The maximum absolute atomic E-state index is 12.2. The number of hydrogen-bond donors (Lipinski definition) is 1. The van der Waals surface area contributed by atoms with Gasteiger partial charge in [-0.15, -0.1) is 0 Å². The minimum absolute atomic E-state index is 0.0464. The molecule has 0 heterocycles. The van der Waals surface area contributed by atoms with E-state index in [0.29, 0.717) is 17.7 Å². The monoisotopic (exact) mass is 455 g/mol. The number of carbonyl (C=O) groups excluding carboxylic acids is 1. The van der Waals surface area contributed by atoms with E-state index < -0.39 is 0 Å². The van der Waals surface area contributed by atoms with E-state index in [0.717, 1.165) is 36.1 Å². The fraction of sp³-hybridized carbons (Fsp3) is 0.519. The van der Waals surface area contributed by atoms with Gasteiger partial charge in [-0.1, -0.05) is 71.2 Å². The molecule has 0 saturated carbocycles. The highest BCUT2D eigenvalue weighted by Gasteiger charge is 2.22. The molecule has 6 heteroatoms. The molecule has 182 valence electrons. The smallest absolute Gasteiger partial charge is 0.293 e. The van der Waals surface area contributed by atoms with E-state index in [1.807, 2.05) is 63.1 Å². The Labute approximate surface area is 199 Å². The molecule has 0 aliphatic heterocycles. The van der Waals surface area contributed by atoms with Gasteiger partial charge in [0.2, 0.25) is 0 Å². The van der Waals surface area contributed by atoms with Crippen molar-refractivity contribution in [3.8, 4) is 0 Å². The lowest BCUT2D eigenvalue weighted by Gasteiger charge is -2.23. The Hall–Kier alpha value is -2.89. The summed E-state index contributed by atoms with van der Waals surface area (Å²) >= 11 is 0. The van der Waals surface area contributed by atoms with E-state index in [2.05, 4.69) is 19.2 Å². The molecule has 0 aliphatic rings. The number of nitro benzene ring substituents is 1. The molecular formula is C27H41N3O3.